The smallest absolute Gasteiger partial charge is 0.0700 e. The Morgan fingerprint density at radius 2 is 1.95 bits per heavy atom. The van der Waals surface area contributed by atoms with Crippen LogP contribution in [0.3, 0.4) is 0 Å². The van der Waals surface area contributed by atoms with Crippen LogP contribution in [0.4, 0.5) is 0 Å². The van der Waals surface area contributed by atoms with Crippen molar-refractivity contribution in [1.29, 1.82) is 0 Å². The van der Waals surface area contributed by atoms with Gasteiger partial charge in [0.05, 0.1) is 13.2 Å². The first kappa shape index (κ1) is 15.7. The van der Waals surface area contributed by atoms with Crippen molar-refractivity contribution in [2.75, 3.05) is 46.6 Å². The van der Waals surface area contributed by atoms with Crippen LogP contribution in [-0.2, 0) is 9.47 Å². The quantitative estimate of drug-likeness (QED) is 0.695. The molecule has 1 saturated heterocycles. The second kappa shape index (κ2) is 7.40. The lowest BCUT2D eigenvalue weighted by molar-refractivity contribution is 0.0424. The maximum absolute atomic E-state index is 5.63. The molecule has 1 atom stereocenters. The average molecular weight is 296 g/mol. The Morgan fingerprint density at radius 1 is 1.14 bits per heavy atom. The van der Waals surface area contributed by atoms with Gasteiger partial charge in [0, 0.05) is 44.9 Å². The summed E-state index contributed by atoms with van der Waals surface area (Å²) < 4.78 is 10.6. The summed E-state index contributed by atoms with van der Waals surface area (Å²) in [6.45, 7) is 6.01. The van der Waals surface area contributed by atoms with Crippen LogP contribution in [0, 0.1) is 5.92 Å². The molecule has 1 aliphatic heterocycles. The highest BCUT2D eigenvalue weighted by Crippen LogP contribution is 2.40. The summed E-state index contributed by atoms with van der Waals surface area (Å²) >= 11 is 0. The van der Waals surface area contributed by atoms with Gasteiger partial charge >= 0.3 is 0 Å². The van der Waals surface area contributed by atoms with Crippen molar-refractivity contribution in [3.8, 4) is 0 Å². The highest BCUT2D eigenvalue weighted by atomic mass is 16.5. The third-order valence-electron chi connectivity index (χ3n) is 5.55. The molecular formula is C17H32N2O2. The van der Waals surface area contributed by atoms with Gasteiger partial charge in [-0.15, -0.1) is 0 Å². The molecule has 21 heavy (non-hydrogen) atoms. The minimum atomic E-state index is 0.447. The van der Waals surface area contributed by atoms with E-state index >= 15 is 0 Å². The first-order valence-electron chi connectivity index (χ1n) is 8.89. The Balaban J connectivity index is 1.44. The monoisotopic (exact) mass is 296 g/mol. The van der Waals surface area contributed by atoms with Crippen molar-refractivity contribution < 1.29 is 9.47 Å². The van der Waals surface area contributed by atoms with Crippen LogP contribution in [0.25, 0.3) is 0 Å². The van der Waals surface area contributed by atoms with Crippen LogP contribution in [-0.4, -0.2) is 63.0 Å². The van der Waals surface area contributed by atoms with E-state index in [-0.39, 0.29) is 0 Å². The average Bonchev–Trinajstić information content (AvgIpc) is 3.24. The maximum Gasteiger partial charge on any atom is 0.0700 e. The van der Waals surface area contributed by atoms with Crippen molar-refractivity contribution in [2.24, 2.45) is 5.92 Å². The van der Waals surface area contributed by atoms with Gasteiger partial charge in [-0.05, 0) is 38.0 Å². The van der Waals surface area contributed by atoms with Gasteiger partial charge in [-0.25, -0.2) is 0 Å². The summed E-state index contributed by atoms with van der Waals surface area (Å²) in [5, 5.41) is 3.92. The SMILES string of the molecule is COCCOCCCN1CC2(CCCC2)NCC1C1CC1. The van der Waals surface area contributed by atoms with Gasteiger partial charge in [0.2, 0.25) is 0 Å². The molecule has 0 aromatic heterocycles. The summed E-state index contributed by atoms with van der Waals surface area (Å²) in [5.74, 6) is 0.964. The highest BCUT2D eigenvalue weighted by Gasteiger charge is 2.45. The van der Waals surface area contributed by atoms with Crippen LogP contribution in [0.5, 0.6) is 0 Å². The van der Waals surface area contributed by atoms with Gasteiger partial charge in [-0.1, -0.05) is 12.8 Å². The lowest BCUT2D eigenvalue weighted by atomic mass is 9.91. The van der Waals surface area contributed by atoms with E-state index in [1.54, 1.807) is 7.11 Å². The molecule has 4 nitrogen and oxygen atoms in total. The summed E-state index contributed by atoms with van der Waals surface area (Å²) in [4.78, 5) is 2.79. The van der Waals surface area contributed by atoms with Gasteiger partial charge in [-0.2, -0.15) is 0 Å². The van der Waals surface area contributed by atoms with E-state index in [9.17, 15) is 0 Å². The summed E-state index contributed by atoms with van der Waals surface area (Å²) in [6.07, 6.45) is 9.63. The van der Waals surface area contributed by atoms with E-state index in [0.29, 0.717) is 12.1 Å². The first-order chi connectivity index (χ1) is 10.3. The highest BCUT2D eigenvalue weighted by molar-refractivity contribution is 5.03. The van der Waals surface area contributed by atoms with Gasteiger partial charge < -0.3 is 14.8 Å². The van der Waals surface area contributed by atoms with Crippen LogP contribution in [0.2, 0.25) is 0 Å². The summed E-state index contributed by atoms with van der Waals surface area (Å²) in [6, 6.07) is 0.787. The molecule has 0 amide bonds. The fourth-order valence-electron chi connectivity index (χ4n) is 4.20. The van der Waals surface area contributed by atoms with Gasteiger partial charge in [0.15, 0.2) is 0 Å². The predicted molar refractivity (Wildman–Crippen MR) is 84.6 cm³/mol. The van der Waals surface area contributed by atoms with Gasteiger partial charge in [-0.3, -0.25) is 4.90 Å². The minimum absolute atomic E-state index is 0.447. The third kappa shape index (κ3) is 4.19. The molecule has 4 heteroatoms. The molecule has 0 aromatic rings. The molecular weight excluding hydrogens is 264 g/mol. The van der Waals surface area contributed by atoms with Crippen LogP contribution < -0.4 is 5.32 Å². The Morgan fingerprint density at radius 3 is 2.67 bits per heavy atom. The fourth-order valence-corrected chi connectivity index (χ4v) is 4.20. The first-order valence-corrected chi connectivity index (χ1v) is 8.89. The molecule has 1 heterocycles. The van der Waals surface area contributed by atoms with E-state index in [4.69, 9.17) is 9.47 Å². The lowest BCUT2D eigenvalue weighted by Gasteiger charge is -2.47. The van der Waals surface area contributed by atoms with E-state index in [1.807, 2.05) is 0 Å². The van der Waals surface area contributed by atoms with Crippen molar-refractivity contribution >= 4 is 0 Å². The molecule has 3 fully saturated rings. The zero-order valence-electron chi connectivity index (χ0n) is 13.6. The Labute approximate surface area is 129 Å². The summed E-state index contributed by atoms with van der Waals surface area (Å²) in [7, 11) is 1.73. The van der Waals surface area contributed by atoms with Crippen LogP contribution >= 0.6 is 0 Å². The number of nitrogens with one attached hydrogen (secondary N) is 1. The van der Waals surface area contributed by atoms with Crippen LogP contribution in [0.1, 0.15) is 44.9 Å². The number of piperazine rings is 1. The number of hydrogen-bond donors (Lipinski definition) is 1. The largest absolute Gasteiger partial charge is 0.382 e. The molecule has 3 aliphatic rings. The van der Waals surface area contributed by atoms with Crippen molar-refractivity contribution in [3.63, 3.8) is 0 Å². The Bertz CT molecular complexity index is 314. The zero-order valence-corrected chi connectivity index (χ0v) is 13.6. The maximum atomic E-state index is 5.63. The van der Waals surface area contributed by atoms with Crippen molar-refractivity contribution in [3.05, 3.63) is 0 Å². The molecule has 1 spiro atoms. The standard InChI is InChI=1S/C17H32N2O2/c1-20-11-12-21-10-4-9-19-14-17(7-2-3-8-17)18-13-16(19)15-5-6-15/h15-16,18H,2-14H2,1H3. The van der Waals surface area contributed by atoms with E-state index in [0.717, 1.165) is 31.6 Å². The predicted octanol–water partition coefficient (Wildman–Crippen LogP) is 2.04. The number of nitrogens with zero attached hydrogens (tertiary/aromatic N) is 1. The molecule has 1 unspecified atom stereocenters. The second-order valence-corrected chi connectivity index (χ2v) is 7.20. The van der Waals surface area contributed by atoms with Gasteiger partial charge in [0.1, 0.15) is 0 Å². The number of rotatable bonds is 8. The fraction of sp³-hybridized carbons (Fsp3) is 1.00. The van der Waals surface area contributed by atoms with E-state index < -0.39 is 0 Å². The zero-order chi connectivity index (χ0) is 14.5. The molecule has 0 bridgehead atoms. The topological polar surface area (TPSA) is 33.7 Å². The summed E-state index contributed by atoms with van der Waals surface area (Å²) in [5.41, 5.74) is 0.447. The molecule has 2 saturated carbocycles. The van der Waals surface area contributed by atoms with Crippen molar-refractivity contribution in [2.45, 2.75) is 56.5 Å². The molecule has 122 valence electrons. The molecule has 3 rings (SSSR count). The Kier molecular flexibility index (Phi) is 5.54. The van der Waals surface area contributed by atoms with Crippen molar-refractivity contribution in [1.82, 2.24) is 10.2 Å². The van der Waals surface area contributed by atoms with Crippen LogP contribution in [0.15, 0.2) is 0 Å². The third-order valence-corrected chi connectivity index (χ3v) is 5.55. The number of methoxy groups -OCH3 is 1. The number of ether oxygens (including phenoxy) is 2. The second-order valence-electron chi connectivity index (χ2n) is 7.20. The number of hydrogen-bond acceptors (Lipinski definition) is 4. The van der Waals surface area contributed by atoms with E-state index in [2.05, 4.69) is 10.2 Å². The molecule has 0 radical (unpaired) electrons. The van der Waals surface area contributed by atoms with E-state index in [1.165, 1.54) is 58.2 Å². The Hall–Kier alpha value is -0.160. The molecule has 2 aliphatic carbocycles. The molecule has 0 aromatic carbocycles. The normalized spacial score (nSPS) is 29.3. The molecule has 1 N–H and O–H groups in total. The minimum Gasteiger partial charge on any atom is -0.382 e. The van der Waals surface area contributed by atoms with Gasteiger partial charge in [0.25, 0.3) is 0 Å². The lowest BCUT2D eigenvalue weighted by Crippen LogP contribution is -2.63.